The standard InChI is InChI=1S/C18H24F3NO2/c1-22(16(10-11-23)13-6-3-2-4-7-13)17(24)14-8-5-9-15(12-14)18(19,20)21/h2-4,6-7,14-16,23H,5,8-12H2,1H3. The van der Waals surface area contributed by atoms with Crippen LogP contribution in [0.2, 0.25) is 0 Å². The van der Waals surface area contributed by atoms with E-state index in [1.807, 2.05) is 30.3 Å². The number of hydrogen-bond acceptors (Lipinski definition) is 2. The fourth-order valence-corrected chi connectivity index (χ4v) is 3.53. The fraction of sp³-hybridized carbons (Fsp3) is 0.611. The van der Waals surface area contributed by atoms with Crippen LogP contribution in [0.15, 0.2) is 30.3 Å². The van der Waals surface area contributed by atoms with Crippen molar-refractivity contribution in [3.63, 3.8) is 0 Å². The first-order valence-corrected chi connectivity index (χ1v) is 8.33. The van der Waals surface area contributed by atoms with Gasteiger partial charge in [0.1, 0.15) is 0 Å². The lowest BCUT2D eigenvalue weighted by molar-refractivity contribution is -0.187. The highest BCUT2D eigenvalue weighted by atomic mass is 19.4. The largest absolute Gasteiger partial charge is 0.396 e. The Morgan fingerprint density at radius 3 is 2.54 bits per heavy atom. The number of benzene rings is 1. The van der Waals surface area contributed by atoms with Gasteiger partial charge < -0.3 is 10.0 Å². The lowest BCUT2D eigenvalue weighted by atomic mass is 9.80. The highest BCUT2D eigenvalue weighted by Crippen LogP contribution is 2.41. The van der Waals surface area contributed by atoms with Crippen LogP contribution in [0.4, 0.5) is 13.2 Å². The molecule has 1 aliphatic carbocycles. The molecule has 3 atom stereocenters. The van der Waals surface area contributed by atoms with Gasteiger partial charge >= 0.3 is 6.18 Å². The van der Waals surface area contributed by atoms with E-state index in [-0.39, 0.29) is 31.4 Å². The first-order valence-electron chi connectivity index (χ1n) is 8.33. The summed E-state index contributed by atoms with van der Waals surface area (Å²) >= 11 is 0. The summed E-state index contributed by atoms with van der Waals surface area (Å²) in [5.74, 6) is -2.24. The molecular weight excluding hydrogens is 319 g/mol. The zero-order valence-electron chi connectivity index (χ0n) is 13.8. The summed E-state index contributed by atoms with van der Waals surface area (Å²) in [5.41, 5.74) is 0.880. The van der Waals surface area contributed by atoms with E-state index in [2.05, 4.69) is 0 Å². The van der Waals surface area contributed by atoms with E-state index in [0.29, 0.717) is 19.3 Å². The van der Waals surface area contributed by atoms with Crippen LogP contribution in [0.25, 0.3) is 0 Å². The Morgan fingerprint density at radius 2 is 1.96 bits per heavy atom. The summed E-state index contributed by atoms with van der Waals surface area (Å²) in [6, 6.07) is 8.95. The number of aliphatic hydroxyl groups is 1. The Bertz CT molecular complexity index is 533. The van der Waals surface area contributed by atoms with Gasteiger partial charge in [0.2, 0.25) is 5.91 Å². The Labute approximate surface area is 140 Å². The van der Waals surface area contributed by atoms with Crippen molar-refractivity contribution >= 4 is 5.91 Å². The van der Waals surface area contributed by atoms with Crippen molar-refractivity contribution in [2.75, 3.05) is 13.7 Å². The summed E-state index contributed by atoms with van der Waals surface area (Å²) in [7, 11) is 1.62. The van der Waals surface area contributed by atoms with Crippen molar-refractivity contribution in [1.29, 1.82) is 0 Å². The van der Waals surface area contributed by atoms with Crippen molar-refractivity contribution in [2.45, 2.75) is 44.3 Å². The molecule has 0 saturated heterocycles. The van der Waals surface area contributed by atoms with E-state index in [0.717, 1.165) is 5.56 Å². The first kappa shape index (κ1) is 18.8. The molecule has 1 amide bonds. The summed E-state index contributed by atoms with van der Waals surface area (Å²) in [4.78, 5) is 14.2. The quantitative estimate of drug-likeness (QED) is 0.880. The van der Waals surface area contributed by atoms with Gasteiger partial charge in [-0.15, -0.1) is 0 Å². The van der Waals surface area contributed by atoms with Gasteiger partial charge in [-0.2, -0.15) is 13.2 Å². The van der Waals surface area contributed by atoms with Gasteiger partial charge in [-0.05, 0) is 31.2 Å². The number of alkyl halides is 3. The minimum atomic E-state index is -4.23. The molecule has 134 valence electrons. The van der Waals surface area contributed by atoms with Crippen LogP contribution in [0.5, 0.6) is 0 Å². The van der Waals surface area contributed by atoms with Crippen LogP contribution in [-0.2, 0) is 4.79 Å². The fourth-order valence-electron chi connectivity index (χ4n) is 3.53. The SMILES string of the molecule is CN(C(=O)C1CCCC(C(F)(F)F)C1)C(CCO)c1ccccc1. The summed E-state index contributed by atoms with van der Waals surface area (Å²) in [6.07, 6.45) is -2.98. The smallest absolute Gasteiger partial charge is 0.391 e. The van der Waals surface area contributed by atoms with Crippen LogP contribution in [0.1, 0.15) is 43.7 Å². The average molecular weight is 343 g/mol. The maximum atomic E-state index is 13.0. The number of hydrogen-bond donors (Lipinski definition) is 1. The van der Waals surface area contributed by atoms with Crippen molar-refractivity contribution in [2.24, 2.45) is 11.8 Å². The molecule has 24 heavy (non-hydrogen) atoms. The normalized spacial score (nSPS) is 22.9. The highest BCUT2D eigenvalue weighted by Gasteiger charge is 2.44. The van der Waals surface area contributed by atoms with Crippen molar-refractivity contribution in [1.82, 2.24) is 4.90 Å². The van der Waals surface area contributed by atoms with Crippen molar-refractivity contribution in [3.05, 3.63) is 35.9 Å². The second-order valence-corrected chi connectivity index (χ2v) is 6.49. The minimum absolute atomic E-state index is 0.0903. The lowest BCUT2D eigenvalue weighted by Gasteiger charge is -2.35. The molecule has 0 aliphatic heterocycles. The van der Waals surface area contributed by atoms with E-state index in [4.69, 9.17) is 0 Å². The molecule has 1 fully saturated rings. The second-order valence-electron chi connectivity index (χ2n) is 6.49. The van der Waals surface area contributed by atoms with E-state index in [1.165, 1.54) is 4.90 Å². The number of nitrogens with zero attached hydrogens (tertiary/aromatic N) is 1. The Morgan fingerprint density at radius 1 is 1.29 bits per heavy atom. The maximum absolute atomic E-state index is 13.0. The molecule has 1 N–H and O–H groups in total. The molecule has 1 aliphatic rings. The Balaban J connectivity index is 2.11. The van der Waals surface area contributed by atoms with Gasteiger partial charge in [0, 0.05) is 19.6 Å². The molecular formula is C18H24F3NO2. The molecule has 0 aromatic heterocycles. The molecule has 1 aromatic carbocycles. The summed E-state index contributed by atoms with van der Waals surface area (Å²) in [6.45, 7) is -0.0903. The average Bonchev–Trinajstić information content (AvgIpc) is 2.58. The van der Waals surface area contributed by atoms with Crippen molar-refractivity contribution < 1.29 is 23.1 Å². The van der Waals surface area contributed by atoms with Crippen LogP contribution in [0.3, 0.4) is 0 Å². The molecule has 6 heteroatoms. The number of aliphatic hydroxyl groups excluding tert-OH is 1. The van der Waals surface area contributed by atoms with E-state index in [9.17, 15) is 23.1 Å². The number of carbonyl (C=O) groups is 1. The third-order valence-corrected chi connectivity index (χ3v) is 4.89. The van der Waals surface area contributed by atoms with Gasteiger partial charge in [0.05, 0.1) is 12.0 Å². The van der Waals surface area contributed by atoms with Crippen LogP contribution in [-0.4, -0.2) is 35.7 Å². The molecule has 2 rings (SSSR count). The summed E-state index contributed by atoms with van der Waals surface area (Å²) in [5, 5.41) is 9.30. The number of halogens is 3. The third-order valence-electron chi connectivity index (χ3n) is 4.89. The number of carbonyl (C=O) groups excluding carboxylic acids is 1. The molecule has 0 radical (unpaired) electrons. The molecule has 0 spiro atoms. The van der Waals surface area contributed by atoms with E-state index in [1.54, 1.807) is 7.05 Å². The zero-order chi connectivity index (χ0) is 17.7. The maximum Gasteiger partial charge on any atom is 0.391 e. The predicted molar refractivity (Wildman–Crippen MR) is 85.2 cm³/mol. The van der Waals surface area contributed by atoms with Gasteiger partial charge in [-0.25, -0.2) is 0 Å². The number of rotatable bonds is 5. The van der Waals surface area contributed by atoms with Crippen molar-refractivity contribution in [3.8, 4) is 0 Å². The van der Waals surface area contributed by atoms with Gasteiger partial charge in [0.15, 0.2) is 0 Å². The lowest BCUT2D eigenvalue weighted by Crippen LogP contribution is -2.40. The Kier molecular flexibility index (Phi) is 6.27. The third kappa shape index (κ3) is 4.50. The highest BCUT2D eigenvalue weighted by molar-refractivity contribution is 5.79. The van der Waals surface area contributed by atoms with Crippen LogP contribution in [0, 0.1) is 11.8 Å². The Hall–Kier alpha value is -1.56. The van der Waals surface area contributed by atoms with Gasteiger partial charge in [-0.3, -0.25) is 4.79 Å². The van der Waals surface area contributed by atoms with Crippen LogP contribution >= 0.6 is 0 Å². The van der Waals surface area contributed by atoms with E-state index < -0.39 is 18.0 Å². The zero-order valence-corrected chi connectivity index (χ0v) is 13.8. The topological polar surface area (TPSA) is 40.5 Å². The van der Waals surface area contributed by atoms with E-state index >= 15 is 0 Å². The molecule has 3 unspecified atom stereocenters. The number of amides is 1. The molecule has 0 bridgehead atoms. The van der Waals surface area contributed by atoms with Gasteiger partial charge in [-0.1, -0.05) is 36.8 Å². The molecule has 0 heterocycles. The van der Waals surface area contributed by atoms with Gasteiger partial charge in [0.25, 0.3) is 0 Å². The molecule has 1 aromatic rings. The van der Waals surface area contributed by atoms with Crippen LogP contribution < -0.4 is 0 Å². The molecule has 1 saturated carbocycles. The molecule has 3 nitrogen and oxygen atoms in total. The predicted octanol–water partition coefficient (Wildman–Crippen LogP) is 3.94. The second kappa shape index (κ2) is 8.01. The monoisotopic (exact) mass is 343 g/mol. The first-order chi connectivity index (χ1) is 11.3. The minimum Gasteiger partial charge on any atom is -0.396 e. The summed E-state index contributed by atoms with van der Waals surface area (Å²) < 4.78 is 38.9.